The summed E-state index contributed by atoms with van der Waals surface area (Å²) in [5.41, 5.74) is 0.855. The van der Waals surface area contributed by atoms with Gasteiger partial charge in [0.25, 0.3) is 5.69 Å². The van der Waals surface area contributed by atoms with Crippen molar-refractivity contribution >= 4 is 17.2 Å². The van der Waals surface area contributed by atoms with E-state index in [4.69, 9.17) is 0 Å². The fourth-order valence-corrected chi connectivity index (χ4v) is 1.98. The Labute approximate surface area is 113 Å². The first-order valence-corrected chi connectivity index (χ1v) is 6.55. The van der Waals surface area contributed by atoms with Gasteiger partial charge in [-0.15, -0.1) is 0 Å². The molecule has 0 spiro atoms. The Morgan fingerprint density at radius 2 is 2.05 bits per heavy atom. The predicted octanol–water partition coefficient (Wildman–Crippen LogP) is 3.42. The van der Waals surface area contributed by atoms with Crippen molar-refractivity contribution < 1.29 is 9.72 Å². The van der Waals surface area contributed by atoms with Crippen LogP contribution in [0.4, 0.5) is 11.4 Å². The van der Waals surface area contributed by atoms with Gasteiger partial charge in [0.2, 0.25) is 0 Å². The summed E-state index contributed by atoms with van der Waals surface area (Å²) in [6.07, 6.45) is 2.11. The van der Waals surface area contributed by atoms with E-state index in [1.165, 1.54) is 13.0 Å². The molecule has 5 nitrogen and oxygen atoms in total. The first-order valence-electron chi connectivity index (χ1n) is 6.55. The van der Waals surface area contributed by atoms with Crippen LogP contribution in [0.1, 0.15) is 44.0 Å². The largest absolute Gasteiger partial charge is 0.372 e. The number of Topliss-reactive ketones (excluding diaryl/α,β-unsaturated/α-hetero) is 1. The lowest BCUT2D eigenvalue weighted by Crippen LogP contribution is -2.24. The second kappa shape index (κ2) is 6.87. The minimum Gasteiger partial charge on any atom is -0.372 e. The van der Waals surface area contributed by atoms with Gasteiger partial charge in [-0.3, -0.25) is 14.9 Å². The van der Waals surface area contributed by atoms with Crippen LogP contribution in [0, 0.1) is 10.1 Å². The summed E-state index contributed by atoms with van der Waals surface area (Å²) in [6.45, 7) is 7.12. The summed E-state index contributed by atoms with van der Waals surface area (Å²) in [5, 5.41) is 11.0. The zero-order valence-corrected chi connectivity index (χ0v) is 11.7. The van der Waals surface area contributed by atoms with Crippen LogP contribution in [-0.4, -0.2) is 23.8 Å². The fourth-order valence-electron chi connectivity index (χ4n) is 1.98. The number of anilines is 1. The molecular weight excluding hydrogens is 244 g/mol. The molecule has 1 rings (SSSR count). The molecule has 0 fully saturated rings. The third-order valence-electron chi connectivity index (χ3n) is 3.09. The Balaban J connectivity index is 3.13. The molecule has 0 radical (unpaired) electrons. The highest BCUT2D eigenvalue weighted by Gasteiger charge is 2.19. The number of nitro groups is 1. The Morgan fingerprint density at radius 3 is 2.53 bits per heavy atom. The van der Waals surface area contributed by atoms with E-state index in [1.807, 2.05) is 6.92 Å². The maximum absolute atomic E-state index is 11.4. The lowest BCUT2D eigenvalue weighted by molar-refractivity contribution is -0.385. The number of carbonyl (C=O) groups excluding carboxylic acids is 1. The van der Waals surface area contributed by atoms with Crippen LogP contribution in [0.3, 0.4) is 0 Å². The molecule has 0 aromatic heterocycles. The molecule has 0 aliphatic rings. The van der Waals surface area contributed by atoms with Crippen LogP contribution >= 0.6 is 0 Å². The van der Waals surface area contributed by atoms with Crippen molar-refractivity contribution in [2.45, 2.75) is 33.6 Å². The second-order valence-corrected chi connectivity index (χ2v) is 4.45. The standard InChI is InChI=1S/C14H20N2O3/c1-4-6-9-15(5-2)12-7-8-13(11(3)17)14(10-12)16(18)19/h7-8,10H,4-6,9H2,1-3H3. The maximum atomic E-state index is 11.4. The summed E-state index contributed by atoms with van der Waals surface area (Å²) < 4.78 is 0. The van der Waals surface area contributed by atoms with Crippen LogP contribution in [0.25, 0.3) is 0 Å². The van der Waals surface area contributed by atoms with Crippen molar-refractivity contribution in [2.24, 2.45) is 0 Å². The van der Waals surface area contributed by atoms with Gasteiger partial charge in [0.05, 0.1) is 10.5 Å². The van der Waals surface area contributed by atoms with Crippen LogP contribution in [0.5, 0.6) is 0 Å². The number of benzene rings is 1. The van der Waals surface area contributed by atoms with Crippen LogP contribution in [-0.2, 0) is 0 Å². The van der Waals surface area contributed by atoms with Gasteiger partial charge in [-0.1, -0.05) is 13.3 Å². The summed E-state index contributed by atoms with van der Waals surface area (Å²) in [6, 6.07) is 4.82. The second-order valence-electron chi connectivity index (χ2n) is 4.45. The minimum atomic E-state index is -0.492. The molecule has 19 heavy (non-hydrogen) atoms. The normalized spacial score (nSPS) is 10.3. The van der Waals surface area contributed by atoms with Gasteiger partial charge in [-0.25, -0.2) is 0 Å². The van der Waals surface area contributed by atoms with Gasteiger partial charge < -0.3 is 4.90 Å². The highest BCUT2D eigenvalue weighted by molar-refractivity contribution is 5.98. The van der Waals surface area contributed by atoms with Gasteiger partial charge in [-0.2, -0.15) is 0 Å². The van der Waals surface area contributed by atoms with E-state index in [0.29, 0.717) is 0 Å². The van der Waals surface area contributed by atoms with E-state index < -0.39 is 4.92 Å². The topological polar surface area (TPSA) is 63.5 Å². The summed E-state index contributed by atoms with van der Waals surface area (Å²) in [4.78, 5) is 24.0. The quantitative estimate of drug-likeness (QED) is 0.430. The molecular formula is C14H20N2O3. The number of rotatable bonds is 7. The highest BCUT2D eigenvalue weighted by atomic mass is 16.6. The molecule has 1 aromatic rings. The smallest absolute Gasteiger partial charge is 0.282 e. The van der Waals surface area contributed by atoms with Gasteiger partial charge >= 0.3 is 0 Å². The first-order chi connectivity index (χ1) is 9.01. The molecule has 0 atom stereocenters. The number of nitrogens with zero attached hydrogens (tertiary/aromatic N) is 2. The number of carbonyl (C=O) groups is 1. The Morgan fingerprint density at radius 1 is 1.37 bits per heavy atom. The number of unbranched alkanes of at least 4 members (excludes halogenated alkanes) is 1. The van der Waals surface area contributed by atoms with E-state index in [9.17, 15) is 14.9 Å². The minimum absolute atomic E-state index is 0.111. The van der Waals surface area contributed by atoms with Crippen molar-refractivity contribution in [1.82, 2.24) is 0 Å². The maximum Gasteiger partial charge on any atom is 0.282 e. The van der Waals surface area contributed by atoms with Gasteiger partial charge in [0.1, 0.15) is 0 Å². The summed E-state index contributed by atoms with van der Waals surface area (Å²) in [7, 11) is 0. The van der Waals surface area contributed by atoms with E-state index in [-0.39, 0.29) is 17.0 Å². The molecule has 0 N–H and O–H groups in total. The zero-order valence-electron chi connectivity index (χ0n) is 11.7. The molecule has 0 amide bonds. The number of ketones is 1. The Hall–Kier alpha value is -1.91. The SMILES string of the molecule is CCCCN(CC)c1ccc(C(C)=O)c([N+](=O)[O-])c1. The molecule has 0 aliphatic heterocycles. The van der Waals surface area contributed by atoms with Crippen LogP contribution in [0.2, 0.25) is 0 Å². The molecule has 0 saturated heterocycles. The van der Waals surface area contributed by atoms with Gasteiger partial charge in [-0.05, 0) is 32.4 Å². The van der Waals surface area contributed by atoms with Crippen LogP contribution in [0.15, 0.2) is 18.2 Å². The zero-order chi connectivity index (χ0) is 14.4. The fraction of sp³-hybridized carbons (Fsp3) is 0.500. The van der Waals surface area contributed by atoms with E-state index >= 15 is 0 Å². The van der Waals surface area contributed by atoms with E-state index in [2.05, 4.69) is 11.8 Å². The average molecular weight is 264 g/mol. The monoisotopic (exact) mass is 264 g/mol. The molecule has 1 aromatic carbocycles. The number of nitro benzene ring substituents is 1. The Kier molecular flexibility index (Phi) is 5.48. The number of hydrogen-bond donors (Lipinski definition) is 0. The summed E-state index contributed by atoms with van der Waals surface area (Å²) in [5.74, 6) is -0.283. The van der Waals surface area contributed by atoms with Gasteiger partial charge in [0.15, 0.2) is 5.78 Å². The first kappa shape index (κ1) is 15.1. The van der Waals surface area contributed by atoms with E-state index in [0.717, 1.165) is 31.6 Å². The van der Waals surface area contributed by atoms with Crippen molar-refractivity contribution in [3.8, 4) is 0 Å². The Bertz CT molecular complexity index is 472. The molecule has 0 bridgehead atoms. The third kappa shape index (κ3) is 3.77. The van der Waals surface area contributed by atoms with Crippen molar-refractivity contribution in [1.29, 1.82) is 0 Å². The molecule has 0 saturated carbocycles. The molecule has 5 heteroatoms. The molecule has 0 unspecified atom stereocenters. The highest BCUT2D eigenvalue weighted by Crippen LogP contribution is 2.26. The number of hydrogen-bond acceptors (Lipinski definition) is 4. The van der Waals surface area contributed by atoms with Crippen molar-refractivity contribution in [2.75, 3.05) is 18.0 Å². The van der Waals surface area contributed by atoms with Crippen LogP contribution < -0.4 is 4.90 Å². The third-order valence-corrected chi connectivity index (χ3v) is 3.09. The van der Waals surface area contributed by atoms with E-state index in [1.54, 1.807) is 12.1 Å². The summed E-state index contributed by atoms with van der Waals surface area (Å²) >= 11 is 0. The molecule has 104 valence electrons. The van der Waals surface area contributed by atoms with Crippen molar-refractivity contribution in [3.05, 3.63) is 33.9 Å². The lowest BCUT2D eigenvalue weighted by atomic mass is 10.1. The van der Waals surface area contributed by atoms with Gasteiger partial charge in [0, 0.05) is 24.8 Å². The predicted molar refractivity (Wildman–Crippen MR) is 75.9 cm³/mol. The average Bonchev–Trinajstić information content (AvgIpc) is 2.39. The lowest BCUT2D eigenvalue weighted by Gasteiger charge is -2.22. The molecule has 0 aliphatic carbocycles. The van der Waals surface area contributed by atoms with Crippen molar-refractivity contribution in [3.63, 3.8) is 0 Å². The molecule has 0 heterocycles.